The maximum Gasteiger partial charge on any atom is 0.229 e. The van der Waals surface area contributed by atoms with Crippen molar-refractivity contribution in [1.82, 2.24) is 20.1 Å². The third kappa shape index (κ3) is 4.84. The first-order chi connectivity index (χ1) is 11.0. The van der Waals surface area contributed by atoms with Crippen LogP contribution in [-0.2, 0) is 11.8 Å². The van der Waals surface area contributed by atoms with E-state index in [0.717, 1.165) is 23.6 Å². The molecule has 1 saturated heterocycles. The second-order valence-corrected chi connectivity index (χ2v) is 6.10. The highest BCUT2D eigenvalue weighted by atomic mass is 35.5. The Morgan fingerprint density at radius 1 is 1.36 bits per heavy atom. The van der Waals surface area contributed by atoms with Crippen molar-refractivity contribution >= 4 is 42.2 Å². The molecule has 7 nitrogen and oxygen atoms in total. The van der Waals surface area contributed by atoms with Gasteiger partial charge in [0.25, 0.3) is 0 Å². The van der Waals surface area contributed by atoms with Gasteiger partial charge in [0, 0.05) is 64.3 Å². The van der Waals surface area contributed by atoms with Gasteiger partial charge in [0.15, 0.2) is 0 Å². The summed E-state index contributed by atoms with van der Waals surface area (Å²) in [5, 5.41) is 10.5. The lowest BCUT2D eigenvalue weighted by Gasteiger charge is -2.18. The summed E-state index contributed by atoms with van der Waals surface area (Å²) in [4.78, 5) is 18.8. The molecule has 1 fully saturated rings. The van der Waals surface area contributed by atoms with Crippen molar-refractivity contribution in [1.29, 1.82) is 0 Å². The number of rotatable bonds is 4. The van der Waals surface area contributed by atoms with E-state index in [9.17, 15) is 4.79 Å². The zero-order chi connectivity index (χ0) is 16.4. The summed E-state index contributed by atoms with van der Waals surface area (Å²) in [5.41, 5.74) is 1.87. The summed E-state index contributed by atoms with van der Waals surface area (Å²) in [6, 6.07) is 3.69. The van der Waals surface area contributed by atoms with Gasteiger partial charge >= 0.3 is 0 Å². The Balaban J connectivity index is 0.00000156. The van der Waals surface area contributed by atoms with Crippen LogP contribution in [0.25, 0.3) is 0 Å². The minimum atomic E-state index is -0.102. The molecule has 0 bridgehead atoms. The normalized spacial score (nSPS) is 18.8. The molecule has 1 aliphatic rings. The lowest BCUT2D eigenvalue weighted by molar-refractivity contribution is -0.119. The van der Waals surface area contributed by atoms with E-state index in [1.165, 1.54) is 0 Å². The summed E-state index contributed by atoms with van der Waals surface area (Å²) in [6.07, 6.45) is 5.53. The predicted octanol–water partition coefficient (Wildman–Crippen LogP) is 1.67. The Hall–Kier alpha value is -1.83. The number of carbonyl (C=O) groups is 1. The number of carbonyl (C=O) groups excluding carboxylic acids is 1. The molecule has 25 heavy (non-hydrogen) atoms. The molecule has 0 saturated carbocycles. The summed E-state index contributed by atoms with van der Waals surface area (Å²) < 4.78 is 1.77. The number of aromatic nitrogens is 3. The molecule has 2 atom stereocenters. The van der Waals surface area contributed by atoms with Crippen LogP contribution in [0.2, 0.25) is 0 Å². The van der Waals surface area contributed by atoms with Crippen LogP contribution < -0.4 is 15.5 Å². The van der Waals surface area contributed by atoms with Crippen molar-refractivity contribution < 1.29 is 4.79 Å². The van der Waals surface area contributed by atoms with Crippen LogP contribution in [0.4, 0.5) is 11.5 Å². The van der Waals surface area contributed by atoms with E-state index in [1.807, 2.05) is 50.6 Å². The molecule has 138 valence electrons. The second kappa shape index (κ2) is 9.03. The molecule has 0 spiro atoms. The van der Waals surface area contributed by atoms with E-state index in [-0.39, 0.29) is 42.6 Å². The number of pyridine rings is 1. The van der Waals surface area contributed by atoms with Crippen LogP contribution in [0.15, 0.2) is 30.7 Å². The Morgan fingerprint density at radius 3 is 2.76 bits per heavy atom. The van der Waals surface area contributed by atoms with E-state index in [0.29, 0.717) is 6.54 Å². The van der Waals surface area contributed by atoms with Gasteiger partial charge in [-0.3, -0.25) is 9.48 Å². The predicted molar refractivity (Wildman–Crippen MR) is 104 cm³/mol. The number of halogens is 2. The maximum absolute atomic E-state index is 12.7. The largest absolute Gasteiger partial charge is 0.363 e. The molecule has 0 aliphatic carbocycles. The summed E-state index contributed by atoms with van der Waals surface area (Å²) in [5.74, 6) is 0.893. The lowest BCUT2D eigenvalue weighted by Crippen LogP contribution is -2.28. The van der Waals surface area contributed by atoms with Gasteiger partial charge in [0.1, 0.15) is 5.82 Å². The van der Waals surface area contributed by atoms with Gasteiger partial charge in [-0.25, -0.2) is 4.98 Å². The molecule has 0 radical (unpaired) electrons. The Labute approximate surface area is 160 Å². The van der Waals surface area contributed by atoms with Gasteiger partial charge in [-0.2, -0.15) is 5.10 Å². The summed E-state index contributed by atoms with van der Waals surface area (Å²) in [7, 11) is 5.74. The molecule has 1 amide bonds. The van der Waals surface area contributed by atoms with Crippen molar-refractivity contribution in [2.45, 2.75) is 5.92 Å². The highest BCUT2D eigenvalue weighted by Crippen LogP contribution is 2.29. The van der Waals surface area contributed by atoms with Crippen LogP contribution in [0.3, 0.4) is 0 Å². The van der Waals surface area contributed by atoms with E-state index in [4.69, 9.17) is 0 Å². The SMILES string of the molecule is CN(C)c1cc(NC(=O)[C@H]2CNC[C@@H]2c2cnn(C)c2)ccn1.Cl.Cl. The standard InChI is InChI=1S/C16H22N6O.2ClH/c1-21(2)15-6-12(4-5-18-15)20-16(23)14-9-17-8-13(14)11-7-19-22(3)10-11;;/h4-7,10,13-14,17H,8-9H2,1-3H3,(H,18,20,23);2*1H/t13-,14+;;/m1../s1. The third-order valence-corrected chi connectivity index (χ3v) is 4.18. The van der Waals surface area contributed by atoms with Crippen molar-refractivity contribution in [3.05, 3.63) is 36.3 Å². The fourth-order valence-electron chi connectivity index (χ4n) is 2.91. The Kier molecular flexibility index (Phi) is 7.66. The number of amides is 1. The van der Waals surface area contributed by atoms with Gasteiger partial charge in [-0.1, -0.05) is 0 Å². The molecule has 2 aromatic rings. The highest BCUT2D eigenvalue weighted by Gasteiger charge is 2.34. The molecule has 0 aromatic carbocycles. The zero-order valence-corrected chi connectivity index (χ0v) is 16.1. The Bertz CT molecular complexity index is 705. The fourth-order valence-corrected chi connectivity index (χ4v) is 2.91. The molecule has 2 N–H and O–H groups in total. The molecule has 3 rings (SSSR count). The van der Waals surface area contributed by atoms with Gasteiger partial charge < -0.3 is 15.5 Å². The van der Waals surface area contributed by atoms with E-state index in [2.05, 4.69) is 20.7 Å². The quantitative estimate of drug-likeness (QED) is 0.835. The molecular weight excluding hydrogens is 363 g/mol. The second-order valence-electron chi connectivity index (χ2n) is 6.10. The number of anilines is 2. The first-order valence-corrected chi connectivity index (χ1v) is 7.68. The maximum atomic E-state index is 12.7. The van der Waals surface area contributed by atoms with Crippen molar-refractivity contribution in [2.75, 3.05) is 37.4 Å². The minimum Gasteiger partial charge on any atom is -0.363 e. The van der Waals surface area contributed by atoms with Crippen LogP contribution in [0.5, 0.6) is 0 Å². The number of hydrogen-bond acceptors (Lipinski definition) is 5. The average Bonchev–Trinajstić information content (AvgIpc) is 3.15. The topological polar surface area (TPSA) is 75.1 Å². The lowest BCUT2D eigenvalue weighted by atomic mass is 9.90. The highest BCUT2D eigenvalue weighted by molar-refractivity contribution is 5.94. The van der Waals surface area contributed by atoms with Gasteiger partial charge in [-0.05, 0) is 11.6 Å². The number of hydrogen-bond donors (Lipinski definition) is 2. The van der Waals surface area contributed by atoms with Gasteiger partial charge in [-0.15, -0.1) is 24.8 Å². The van der Waals surface area contributed by atoms with Crippen LogP contribution >= 0.6 is 24.8 Å². The summed E-state index contributed by atoms with van der Waals surface area (Å²) in [6.45, 7) is 1.47. The third-order valence-electron chi connectivity index (χ3n) is 4.18. The average molecular weight is 387 g/mol. The van der Waals surface area contributed by atoms with Gasteiger partial charge in [0.05, 0.1) is 12.1 Å². The molecular formula is C16H24Cl2N6O. The van der Waals surface area contributed by atoms with Crippen molar-refractivity contribution in [2.24, 2.45) is 13.0 Å². The number of nitrogens with one attached hydrogen (secondary N) is 2. The van der Waals surface area contributed by atoms with Crippen molar-refractivity contribution in [3.8, 4) is 0 Å². The van der Waals surface area contributed by atoms with Gasteiger partial charge in [0.2, 0.25) is 5.91 Å². The molecule has 9 heteroatoms. The molecule has 1 aliphatic heterocycles. The fraction of sp³-hybridized carbons (Fsp3) is 0.438. The summed E-state index contributed by atoms with van der Waals surface area (Å²) >= 11 is 0. The van der Waals surface area contributed by atoms with Crippen molar-refractivity contribution in [3.63, 3.8) is 0 Å². The van der Waals surface area contributed by atoms with Crippen LogP contribution in [-0.4, -0.2) is 47.9 Å². The first-order valence-electron chi connectivity index (χ1n) is 7.68. The number of nitrogens with zero attached hydrogens (tertiary/aromatic N) is 4. The first kappa shape index (κ1) is 21.2. The molecule has 0 unspecified atom stereocenters. The number of aryl methyl sites for hydroxylation is 1. The zero-order valence-electron chi connectivity index (χ0n) is 14.5. The molecule has 2 aromatic heterocycles. The van der Waals surface area contributed by atoms with E-state index < -0.39 is 0 Å². The van der Waals surface area contributed by atoms with E-state index in [1.54, 1.807) is 10.9 Å². The van der Waals surface area contributed by atoms with E-state index >= 15 is 0 Å². The molecule has 3 heterocycles. The van der Waals surface area contributed by atoms with Crippen LogP contribution in [0, 0.1) is 5.92 Å². The van der Waals surface area contributed by atoms with Crippen LogP contribution in [0.1, 0.15) is 11.5 Å². The Morgan fingerprint density at radius 2 is 2.12 bits per heavy atom. The monoisotopic (exact) mass is 386 g/mol. The smallest absolute Gasteiger partial charge is 0.229 e. The minimum absolute atomic E-state index is 0.